The van der Waals surface area contributed by atoms with Gasteiger partial charge in [0.15, 0.2) is 5.78 Å². The summed E-state index contributed by atoms with van der Waals surface area (Å²) in [5, 5.41) is 0. The highest BCUT2D eigenvalue weighted by atomic mass is 16.5. The molecule has 0 fully saturated rings. The van der Waals surface area contributed by atoms with Crippen molar-refractivity contribution in [2.45, 2.75) is 26.2 Å². The van der Waals surface area contributed by atoms with Gasteiger partial charge in [0.2, 0.25) is 0 Å². The molecule has 0 saturated heterocycles. The number of Topliss-reactive ketones (excluding diaryl/α,β-unsaturated/α-hetero) is 1. The van der Waals surface area contributed by atoms with Crippen molar-refractivity contribution >= 4 is 5.78 Å². The van der Waals surface area contributed by atoms with Crippen LogP contribution in [0.15, 0.2) is 30.3 Å². The van der Waals surface area contributed by atoms with Crippen LogP contribution in [0.4, 0.5) is 0 Å². The van der Waals surface area contributed by atoms with Crippen LogP contribution in [-0.4, -0.2) is 19.0 Å². The number of benzene rings is 1. The van der Waals surface area contributed by atoms with Crippen molar-refractivity contribution in [2.24, 2.45) is 0 Å². The van der Waals surface area contributed by atoms with E-state index in [1.165, 1.54) is 5.56 Å². The van der Waals surface area contributed by atoms with Crippen LogP contribution in [-0.2, 0) is 16.0 Å². The maximum absolute atomic E-state index is 11.4. The molecule has 0 unspecified atom stereocenters. The molecular formula is C13H18O2. The summed E-state index contributed by atoms with van der Waals surface area (Å²) >= 11 is 0. The molecule has 2 heteroatoms. The largest absolute Gasteiger partial charge is 0.374 e. The molecule has 0 atom stereocenters. The fourth-order valence-corrected chi connectivity index (χ4v) is 1.33. The number of rotatable bonds is 7. The first-order valence-corrected chi connectivity index (χ1v) is 5.46. The highest BCUT2D eigenvalue weighted by Gasteiger charge is 2.02. The normalized spacial score (nSPS) is 10.2. The van der Waals surface area contributed by atoms with E-state index >= 15 is 0 Å². The number of hydrogen-bond acceptors (Lipinski definition) is 2. The summed E-state index contributed by atoms with van der Waals surface area (Å²) in [6, 6.07) is 10.1. The van der Waals surface area contributed by atoms with Crippen LogP contribution in [0.3, 0.4) is 0 Å². The Kier molecular flexibility index (Phi) is 5.71. The van der Waals surface area contributed by atoms with Gasteiger partial charge < -0.3 is 4.74 Å². The predicted octanol–water partition coefficient (Wildman–Crippen LogP) is 2.61. The van der Waals surface area contributed by atoms with Crippen molar-refractivity contribution in [1.29, 1.82) is 0 Å². The van der Waals surface area contributed by atoms with E-state index in [1.54, 1.807) is 0 Å². The fraction of sp³-hybridized carbons (Fsp3) is 0.462. The van der Waals surface area contributed by atoms with E-state index in [9.17, 15) is 4.79 Å². The van der Waals surface area contributed by atoms with Crippen molar-refractivity contribution in [1.82, 2.24) is 0 Å². The van der Waals surface area contributed by atoms with Gasteiger partial charge in [-0.1, -0.05) is 37.3 Å². The molecular weight excluding hydrogens is 188 g/mol. The third-order valence-electron chi connectivity index (χ3n) is 2.15. The van der Waals surface area contributed by atoms with Crippen molar-refractivity contribution in [3.8, 4) is 0 Å². The van der Waals surface area contributed by atoms with E-state index in [4.69, 9.17) is 4.74 Å². The Morgan fingerprint density at radius 2 is 2.00 bits per heavy atom. The zero-order chi connectivity index (χ0) is 10.9. The molecule has 2 nitrogen and oxygen atoms in total. The van der Waals surface area contributed by atoms with Gasteiger partial charge in [-0.25, -0.2) is 0 Å². The van der Waals surface area contributed by atoms with E-state index < -0.39 is 0 Å². The summed E-state index contributed by atoms with van der Waals surface area (Å²) in [7, 11) is 0. The lowest BCUT2D eigenvalue weighted by atomic mass is 10.1. The first-order chi connectivity index (χ1) is 7.33. The molecule has 82 valence electrons. The van der Waals surface area contributed by atoms with Crippen LogP contribution in [0.5, 0.6) is 0 Å². The Balaban J connectivity index is 2.17. The minimum absolute atomic E-state index is 0.187. The lowest BCUT2D eigenvalue weighted by Gasteiger charge is -2.02. The van der Waals surface area contributed by atoms with Crippen molar-refractivity contribution in [3.63, 3.8) is 0 Å². The molecule has 0 amide bonds. The SMILES string of the molecule is CCCOCC(=O)CCc1ccccc1. The van der Waals surface area contributed by atoms with E-state index in [1.807, 2.05) is 37.3 Å². The quantitative estimate of drug-likeness (QED) is 0.641. The first-order valence-electron chi connectivity index (χ1n) is 5.46. The highest BCUT2D eigenvalue weighted by molar-refractivity contribution is 5.79. The predicted molar refractivity (Wildman–Crippen MR) is 60.9 cm³/mol. The molecule has 1 rings (SSSR count). The average molecular weight is 206 g/mol. The van der Waals surface area contributed by atoms with Crippen LogP contribution in [0.1, 0.15) is 25.3 Å². The Morgan fingerprint density at radius 3 is 2.67 bits per heavy atom. The van der Waals surface area contributed by atoms with Gasteiger partial charge in [0.25, 0.3) is 0 Å². The minimum Gasteiger partial charge on any atom is -0.374 e. The van der Waals surface area contributed by atoms with Crippen LogP contribution in [0.25, 0.3) is 0 Å². The Hall–Kier alpha value is -1.15. The maximum Gasteiger partial charge on any atom is 0.158 e. The summed E-state index contributed by atoms with van der Waals surface area (Å²) in [5.74, 6) is 0.187. The van der Waals surface area contributed by atoms with Gasteiger partial charge in [0, 0.05) is 13.0 Å². The number of ether oxygens (including phenoxy) is 1. The second kappa shape index (κ2) is 7.18. The molecule has 0 aliphatic rings. The second-order valence-corrected chi connectivity index (χ2v) is 3.58. The molecule has 0 heterocycles. The van der Waals surface area contributed by atoms with Crippen LogP contribution >= 0.6 is 0 Å². The Bertz CT molecular complexity index is 280. The molecule has 1 aromatic carbocycles. The van der Waals surface area contributed by atoms with Crippen molar-refractivity contribution in [3.05, 3.63) is 35.9 Å². The standard InChI is InChI=1S/C13H18O2/c1-2-10-15-11-13(14)9-8-12-6-4-3-5-7-12/h3-7H,2,8-11H2,1H3. The third-order valence-corrected chi connectivity index (χ3v) is 2.15. The van der Waals surface area contributed by atoms with Crippen LogP contribution in [0, 0.1) is 0 Å². The number of carbonyl (C=O) groups excluding carboxylic acids is 1. The van der Waals surface area contributed by atoms with Gasteiger partial charge in [-0.15, -0.1) is 0 Å². The maximum atomic E-state index is 11.4. The number of ketones is 1. The van der Waals surface area contributed by atoms with E-state index in [0.717, 1.165) is 12.8 Å². The van der Waals surface area contributed by atoms with Gasteiger partial charge in [-0.05, 0) is 18.4 Å². The zero-order valence-electron chi connectivity index (χ0n) is 9.24. The van der Waals surface area contributed by atoms with Crippen molar-refractivity contribution < 1.29 is 9.53 Å². The van der Waals surface area contributed by atoms with Crippen LogP contribution in [0.2, 0.25) is 0 Å². The van der Waals surface area contributed by atoms with E-state index in [2.05, 4.69) is 0 Å². The molecule has 0 N–H and O–H groups in total. The van der Waals surface area contributed by atoms with Crippen LogP contribution < -0.4 is 0 Å². The second-order valence-electron chi connectivity index (χ2n) is 3.58. The fourth-order valence-electron chi connectivity index (χ4n) is 1.33. The number of carbonyl (C=O) groups is 1. The van der Waals surface area contributed by atoms with E-state index in [0.29, 0.717) is 13.0 Å². The highest BCUT2D eigenvalue weighted by Crippen LogP contribution is 2.02. The zero-order valence-corrected chi connectivity index (χ0v) is 9.24. The van der Waals surface area contributed by atoms with Gasteiger partial charge >= 0.3 is 0 Å². The summed E-state index contributed by atoms with van der Waals surface area (Å²) in [5.41, 5.74) is 1.21. The molecule has 0 aliphatic carbocycles. The first kappa shape index (κ1) is 11.9. The number of aryl methyl sites for hydroxylation is 1. The van der Waals surface area contributed by atoms with Gasteiger partial charge in [-0.2, -0.15) is 0 Å². The molecule has 0 bridgehead atoms. The molecule has 0 saturated carbocycles. The molecule has 1 aromatic rings. The smallest absolute Gasteiger partial charge is 0.158 e. The topological polar surface area (TPSA) is 26.3 Å². The Morgan fingerprint density at radius 1 is 1.27 bits per heavy atom. The van der Waals surface area contributed by atoms with Gasteiger partial charge in [-0.3, -0.25) is 4.79 Å². The van der Waals surface area contributed by atoms with Crippen molar-refractivity contribution in [2.75, 3.05) is 13.2 Å². The van der Waals surface area contributed by atoms with Gasteiger partial charge in [0.1, 0.15) is 6.61 Å². The minimum atomic E-state index is 0.187. The third kappa shape index (κ3) is 5.33. The van der Waals surface area contributed by atoms with Gasteiger partial charge in [0.05, 0.1) is 0 Å². The molecule has 0 spiro atoms. The lowest BCUT2D eigenvalue weighted by molar-refractivity contribution is -0.123. The summed E-state index contributed by atoms with van der Waals surface area (Å²) in [4.78, 5) is 11.4. The summed E-state index contributed by atoms with van der Waals surface area (Å²) in [6.45, 7) is 2.98. The molecule has 0 radical (unpaired) electrons. The number of hydrogen-bond donors (Lipinski definition) is 0. The van der Waals surface area contributed by atoms with E-state index in [-0.39, 0.29) is 12.4 Å². The molecule has 15 heavy (non-hydrogen) atoms. The molecule has 0 aliphatic heterocycles. The monoisotopic (exact) mass is 206 g/mol. The Labute approximate surface area is 91.3 Å². The average Bonchev–Trinajstić information content (AvgIpc) is 2.28. The lowest BCUT2D eigenvalue weighted by Crippen LogP contribution is -2.09. The summed E-state index contributed by atoms with van der Waals surface area (Å²) in [6.07, 6.45) is 2.36. The molecule has 0 aromatic heterocycles. The summed E-state index contributed by atoms with van der Waals surface area (Å²) < 4.78 is 5.18.